The molecule has 2 rings (SSSR count). The van der Waals surface area contributed by atoms with E-state index in [0.29, 0.717) is 11.3 Å². The summed E-state index contributed by atoms with van der Waals surface area (Å²) in [6.45, 7) is 2.01. The van der Waals surface area contributed by atoms with Crippen molar-refractivity contribution in [3.05, 3.63) is 56.2 Å². The number of hydrogen-bond acceptors (Lipinski definition) is 3. The van der Waals surface area contributed by atoms with Crippen molar-refractivity contribution in [3.8, 4) is 6.07 Å². The van der Waals surface area contributed by atoms with E-state index in [-0.39, 0.29) is 0 Å². The highest BCUT2D eigenvalue weighted by molar-refractivity contribution is 9.10. The molecule has 2 aromatic rings. The fourth-order valence-corrected chi connectivity index (χ4v) is 2.69. The minimum atomic E-state index is 0.514. The molecule has 0 aliphatic heterocycles. The van der Waals surface area contributed by atoms with E-state index in [9.17, 15) is 5.26 Å². The lowest BCUT2D eigenvalue weighted by Gasteiger charge is -2.06. The van der Waals surface area contributed by atoms with Crippen LogP contribution >= 0.6 is 27.3 Å². The number of rotatable bonds is 2. The van der Waals surface area contributed by atoms with E-state index in [4.69, 9.17) is 5.73 Å². The smallest absolute Gasteiger partial charge is 0.103 e. The van der Waals surface area contributed by atoms with Gasteiger partial charge in [-0.1, -0.05) is 34.1 Å². The summed E-state index contributed by atoms with van der Waals surface area (Å²) in [4.78, 5) is 0.895. The highest BCUT2D eigenvalue weighted by atomic mass is 79.9. The van der Waals surface area contributed by atoms with E-state index in [1.165, 1.54) is 11.3 Å². The molecule has 0 radical (unpaired) electrons. The molecule has 1 heterocycles. The van der Waals surface area contributed by atoms with Crippen molar-refractivity contribution in [1.82, 2.24) is 0 Å². The number of benzene rings is 1. The lowest BCUT2D eigenvalue weighted by atomic mass is 10.1. The third-order valence-electron chi connectivity index (χ3n) is 2.63. The minimum Gasteiger partial charge on any atom is -0.397 e. The van der Waals surface area contributed by atoms with E-state index in [1.54, 1.807) is 0 Å². The number of thiophene rings is 1. The summed E-state index contributed by atoms with van der Waals surface area (Å²) in [6.07, 6.45) is 0. The summed E-state index contributed by atoms with van der Waals surface area (Å²) >= 11 is 4.99. The van der Waals surface area contributed by atoms with Crippen LogP contribution in [0.3, 0.4) is 0 Å². The van der Waals surface area contributed by atoms with Gasteiger partial charge in [-0.3, -0.25) is 0 Å². The zero-order valence-corrected chi connectivity index (χ0v) is 12.2. The van der Waals surface area contributed by atoms with Gasteiger partial charge in [0.15, 0.2) is 0 Å². The van der Waals surface area contributed by atoms with Crippen LogP contribution in [0.5, 0.6) is 0 Å². The molecule has 1 aromatic heterocycles. The largest absolute Gasteiger partial charge is 0.397 e. The fourth-order valence-electron chi connectivity index (χ4n) is 1.57. The molecule has 0 atom stereocenters. The molecule has 0 fully saturated rings. The van der Waals surface area contributed by atoms with Crippen LogP contribution in [0.1, 0.15) is 16.0 Å². The van der Waals surface area contributed by atoms with Gasteiger partial charge in [0.05, 0.1) is 11.3 Å². The molecule has 1 aromatic carbocycles. The summed E-state index contributed by atoms with van der Waals surface area (Å²) in [7, 11) is 0. The van der Waals surface area contributed by atoms with Crippen LogP contribution in [0, 0.1) is 18.3 Å². The molecule has 0 bridgehead atoms. The number of nitrogens with two attached hydrogens (primary N) is 1. The summed E-state index contributed by atoms with van der Waals surface area (Å²) in [5, 5.41) is 11.2. The predicted molar refractivity (Wildman–Crippen MR) is 79.8 cm³/mol. The van der Waals surface area contributed by atoms with Gasteiger partial charge in [-0.2, -0.15) is 5.26 Å². The maximum absolute atomic E-state index is 9.26. The first-order valence-electron chi connectivity index (χ1n) is 5.33. The van der Waals surface area contributed by atoms with Gasteiger partial charge in [0, 0.05) is 9.35 Å². The molecular weight excluding hydrogens is 308 g/mol. The summed E-state index contributed by atoms with van der Waals surface area (Å²) < 4.78 is 0.992. The van der Waals surface area contributed by atoms with E-state index < -0.39 is 0 Å². The molecule has 90 valence electrons. The number of nitrogens with zero attached hydrogens (tertiary/aromatic N) is 1. The van der Waals surface area contributed by atoms with Crippen LogP contribution in [0.4, 0.5) is 0 Å². The Morgan fingerprint density at radius 3 is 2.72 bits per heavy atom. The third-order valence-corrected chi connectivity index (χ3v) is 4.37. The summed E-state index contributed by atoms with van der Waals surface area (Å²) in [6, 6.07) is 11.9. The van der Waals surface area contributed by atoms with Crippen LogP contribution in [0.25, 0.3) is 11.3 Å². The van der Waals surface area contributed by atoms with Gasteiger partial charge in [0.1, 0.15) is 6.07 Å². The Morgan fingerprint density at radius 2 is 2.17 bits per heavy atom. The quantitative estimate of drug-likeness (QED) is 0.845. The van der Waals surface area contributed by atoms with Crippen LogP contribution in [-0.2, 0) is 0 Å². The van der Waals surface area contributed by atoms with Gasteiger partial charge in [-0.05, 0) is 35.6 Å². The molecular formula is C14H11BrN2S. The average Bonchev–Trinajstić information content (AvgIpc) is 2.87. The lowest BCUT2D eigenvalue weighted by Crippen LogP contribution is -2.00. The maximum Gasteiger partial charge on any atom is 0.103 e. The topological polar surface area (TPSA) is 49.8 Å². The van der Waals surface area contributed by atoms with Gasteiger partial charge < -0.3 is 5.73 Å². The Kier molecular flexibility index (Phi) is 3.85. The van der Waals surface area contributed by atoms with E-state index in [1.807, 2.05) is 42.6 Å². The Bertz CT molecular complexity index is 636. The first-order valence-corrected chi connectivity index (χ1v) is 7.01. The average molecular weight is 319 g/mol. The first-order chi connectivity index (χ1) is 8.63. The molecule has 0 saturated heterocycles. The number of hydrogen-bond donors (Lipinski definition) is 1. The Hall–Kier alpha value is -1.57. The molecule has 0 spiro atoms. The molecule has 0 aliphatic carbocycles. The SMILES string of the molecule is Cc1ccc(/C(N)=C(/C#N)c2cccs2)cc1Br. The van der Waals surface area contributed by atoms with Crippen LogP contribution < -0.4 is 5.73 Å². The van der Waals surface area contributed by atoms with Crippen molar-refractivity contribution >= 4 is 38.5 Å². The van der Waals surface area contributed by atoms with Crippen LogP contribution in [0.15, 0.2) is 40.2 Å². The zero-order chi connectivity index (χ0) is 13.1. The Morgan fingerprint density at radius 1 is 1.39 bits per heavy atom. The van der Waals surface area contributed by atoms with E-state index in [2.05, 4.69) is 22.0 Å². The molecule has 2 nitrogen and oxygen atoms in total. The molecule has 2 N–H and O–H groups in total. The molecule has 0 unspecified atom stereocenters. The van der Waals surface area contributed by atoms with Crippen LogP contribution in [-0.4, -0.2) is 0 Å². The highest BCUT2D eigenvalue weighted by Gasteiger charge is 2.10. The van der Waals surface area contributed by atoms with Gasteiger partial charge in [0.2, 0.25) is 0 Å². The number of allylic oxidation sites excluding steroid dienone is 1. The van der Waals surface area contributed by atoms with E-state index in [0.717, 1.165) is 20.5 Å². The van der Waals surface area contributed by atoms with Gasteiger partial charge in [-0.15, -0.1) is 11.3 Å². The molecule has 4 heteroatoms. The maximum atomic E-state index is 9.26. The molecule has 18 heavy (non-hydrogen) atoms. The van der Waals surface area contributed by atoms with Crippen molar-refractivity contribution in [2.45, 2.75) is 6.92 Å². The fraction of sp³-hybridized carbons (Fsp3) is 0.0714. The van der Waals surface area contributed by atoms with Crippen molar-refractivity contribution in [1.29, 1.82) is 5.26 Å². The molecule has 0 amide bonds. The molecule has 0 saturated carbocycles. The number of aryl methyl sites for hydroxylation is 1. The monoisotopic (exact) mass is 318 g/mol. The zero-order valence-electron chi connectivity index (χ0n) is 9.77. The number of halogens is 1. The highest BCUT2D eigenvalue weighted by Crippen LogP contribution is 2.27. The lowest BCUT2D eigenvalue weighted by molar-refractivity contribution is 1.40. The van der Waals surface area contributed by atoms with Crippen LogP contribution in [0.2, 0.25) is 0 Å². The Labute approximate surface area is 118 Å². The normalized spacial score (nSPS) is 11.8. The summed E-state index contributed by atoms with van der Waals surface area (Å²) in [5.41, 5.74) is 9.14. The number of nitriles is 1. The second-order valence-electron chi connectivity index (χ2n) is 3.84. The van der Waals surface area contributed by atoms with Gasteiger partial charge >= 0.3 is 0 Å². The van der Waals surface area contributed by atoms with Crippen molar-refractivity contribution in [3.63, 3.8) is 0 Å². The Balaban J connectivity index is 2.54. The minimum absolute atomic E-state index is 0.514. The summed E-state index contributed by atoms with van der Waals surface area (Å²) in [5.74, 6) is 0. The van der Waals surface area contributed by atoms with Crippen molar-refractivity contribution in [2.75, 3.05) is 0 Å². The van der Waals surface area contributed by atoms with Gasteiger partial charge in [-0.25, -0.2) is 0 Å². The van der Waals surface area contributed by atoms with Crippen molar-refractivity contribution < 1.29 is 0 Å². The first kappa shape index (κ1) is 12.9. The molecule has 0 aliphatic rings. The van der Waals surface area contributed by atoms with Crippen molar-refractivity contribution in [2.24, 2.45) is 5.73 Å². The second-order valence-corrected chi connectivity index (χ2v) is 5.64. The predicted octanol–water partition coefficient (Wildman–Crippen LogP) is 4.17. The van der Waals surface area contributed by atoms with Gasteiger partial charge in [0.25, 0.3) is 0 Å². The third kappa shape index (κ3) is 2.47. The second kappa shape index (κ2) is 5.38. The van der Waals surface area contributed by atoms with E-state index >= 15 is 0 Å². The standard InChI is InChI=1S/C14H11BrN2S/c1-9-4-5-10(7-12(9)15)14(17)11(8-16)13-3-2-6-18-13/h2-7H,17H2,1H3/b14-11+.